The third-order valence-electron chi connectivity index (χ3n) is 5.75. The third-order valence-corrected chi connectivity index (χ3v) is 5.75. The molecule has 0 saturated heterocycles. The molecule has 12 nitrogen and oxygen atoms in total. The Morgan fingerprint density at radius 1 is 1.26 bits per heavy atom. The molecule has 1 aliphatic carbocycles. The number of nitrogens with zero attached hydrogens (tertiary/aromatic N) is 5. The van der Waals surface area contributed by atoms with E-state index in [1.807, 2.05) is 0 Å². The summed E-state index contributed by atoms with van der Waals surface area (Å²) in [5, 5.41) is 12.9. The fourth-order valence-corrected chi connectivity index (χ4v) is 3.80. The zero-order valence-electron chi connectivity index (χ0n) is 18.5. The Morgan fingerprint density at radius 3 is 2.85 bits per heavy atom. The summed E-state index contributed by atoms with van der Waals surface area (Å²) in [6.45, 7) is 0. The van der Waals surface area contributed by atoms with E-state index >= 15 is 0 Å². The van der Waals surface area contributed by atoms with E-state index in [2.05, 4.69) is 36.1 Å². The Hall–Kier alpha value is -4.32. The van der Waals surface area contributed by atoms with E-state index in [4.69, 9.17) is 9.26 Å². The Balaban J connectivity index is 1.48. The largest absolute Gasteiger partial charge is 0.385 e. The number of nitrogens with one attached hydrogen (secondary N) is 3. The lowest BCUT2D eigenvalue weighted by atomic mass is 9.89. The van der Waals surface area contributed by atoms with Crippen LogP contribution in [0.3, 0.4) is 0 Å². The van der Waals surface area contributed by atoms with Crippen molar-refractivity contribution in [1.82, 2.24) is 30.0 Å². The highest BCUT2D eigenvalue weighted by Gasteiger charge is 2.33. The summed E-state index contributed by atoms with van der Waals surface area (Å²) < 4.78 is 12.1. The number of rotatable bonds is 7. The predicted octanol–water partition coefficient (Wildman–Crippen LogP) is 1.86. The first-order chi connectivity index (χ1) is 16.6. The molecule has 0 radical (unpaired) electrons. The number of aromatic nitrogens is 5. The van der Waals surface area contributed by atoms with Crippen LogP contribution in [0, 0.1) is 0 Å². The van der Waals surface area contributed by atoms with Crippen LogP contribution in [0.1, 0.15) is 23.3 Å². The van der Waals surface area contributed by atoms with E-state index < -0.39 is 5.91 Å². The number of pyridine rings is 2. The molecule has 0 aromatic carbocycles. The molecule has 1 aliphatic rings. The maximum absolute atomic E-state index is 13.0. The number of anilines is 3. The van der Waals surface area contributed by atoms with E-state index in [0.29, 0.717) is 22.9 Å². The highest BCUT2D eigenvalue weighted by molar-refractivity contribution is 6.05. The molecule has 2 atom stereocenters. The number of methoxy groups -OCH3 is 1. The van der Waals surface area contributed by atoms with Crippen molar-refractivity contribution in [3.63, 3.8) is 0 Å². The zero-order chi connectivity index (χ0) is 23.7. The molecule has 0 bridgehead atoms. The third kappa shape index (κ3) is 3.83. The maximum Gasteiger partial charge on any atom is 0.280 e. The molecule has 4 aromatic heterocycles. The van der Waals surface area contributed by atoms with Crippen molar-refractivity contribution >= 4 is 34.2 Å². The summed E-state index contributed by atoms with van der Waals surface area (Å²) in [4.78, 5) is 38.6. The number of hydrogen-bond donors (Lipinski definition) is 3. The van der Waals surface area contributed by atoms with Crippen molar-refractivity contribution in [2.45, 2.75) is 25.0 Å². The van der Waals surface area contributed by atoms with Crippen LogP contribution in [0.5, 0.6) is 0 Å². The molecule has 0 aliphatic heterocycles. The molecule has 5 rings (SSSR count). The molecule has 12 heteroatoms. The van der Waals surface area contributed by atoms with E-state index in [-0.39, 0.29) is 34.6 Å². The fraction of sp³-hybridized carbons (Fsp3) is 0.273. The van der Waals surface area contributed by atoms with E-state index in [9.17, 15) is 9.59 Å². The lowest BCUT2D eigenvalue weighted by Crippen LogP contribution is -2.51. The van der Waals surface area contributed by atoms with E-state index in [1.54, 1.807) is 38.6 Å². The number of carbonyl (C=O) groups is 1. The molecule has 1 saturated carbocycles. The molecule has 0 unspecified atom stereocenters. The highest BCUT2D eigenvalue weighted by atomic mass is 16.5. The molecular formula is C22H22N8O4. The van der Waals surface area contributed by atoms with Gasteiger partial charge >= 0.3 is 0 Å². The molecule has 4 aromatic rings. The molecule has 3 N–H and O–H groups in total. The second-order valence-corrected chi connectivity index (χ2v) is 7.73. The van der Waals surface area contributed by atoms with Gasteiger partial charge in [0.05, 0.1) is 24.0 Å². The van der Waals surface area contributed by atoms with Crippen LogP contribution in [-0.2, 0) is 4.74 Å². The predicted molar refractivity (Wildman–Crippen MR) is 124 cm³/mol. The van der Waals surface area contributed by atoms with Crippen LogP contribution >= 0.6 is 0 Å². The lowest BCUT2D eigenvalue weighted by Gasteiger charge is -2.35. The Morgan fingerprint density at radius 2 is 2.15 bits per heavy atom. The molecule has 0 spiro atoms. The van der Waals surface area contributed by atoms with Crippen LogP contribution in [0.2, 0.25) is 0 Å². The Kier molecular flexibility index (Phi) is 5.64. The number of amides is 1. The van der Waals surface area contributed by atoms with Crippen LogP contribution < -0.4 is 21.5 Å². The summed E-state index contributed by atoms with van der Waals surface area (Å²) in [5.41, 5.74) is 1.15. The first-order valence-corrected chi connectivity index (χ1v) is 10.7. The zero-order valence-corrected chi connectivity index (χ0v) is 18.5. The number of ether oxygens (including phenoxy) is 1. The van der Waals surface area contributed by atoms with Gasteiger partial charge in [0.25, 0.3) is 11.5 Å². The topological polar surface area (TPSA) is 149 Å². The smallest absolute Gasteiger partial charge is 0.280 e. The van der Waals surface area contributed by atoms with Crippen LogP contribution in [0.15, 0.2) is 52.3 Å². The molecule has 34 heavy (non-hydrogen) atoms. The van der Waals surface area contributed by atoms with Gasteiger partial charge in [-0.3, -0.25) is 19.1 Å². The second kappa shape index (κ2) is 8.90. The van der Waals surface area contributed by atoms with E-state index in [1.165, 1.54) is 23.2 Å². The Labute approximate surface area is 193 Å². The first-order valence-electron chi connectivity index (χ1n) is 10.7. The van der Waals surface area contributed by atoms with Crippen molar-refractivity contribution in [2.24, 2.45) is 0 Å². The number of fused-ring (bicyclic) bond motifs is 1. The van der Waals surface area contributed by atoms with Gasteiger partial charge in [-0.05, 0) is 25.0 Å². The van der Waals surface area contributed by atoms with Gasteiger partial charge in [-0.2, -0.15) is 0 Å². The quantitative estimate of drug-likeness (QED) is 0.371. The van der Waals surface area contributed by atoms with Gasteiger partial charge in [-0.1, -0.05) is 5.16 Å². The van der Waals surface area contributed by atoms with Crippen LogP contribution in [-0.4, -0.2) is 56.9 Å². The maximum atomic E-state index is 13.0. The average molecular weight is 462 g/mol. The second-order valence-electron chi connectivity index (χ2n) is 7.73. The Bertz CT molecular complexity index is 1400. The van der Waals surface area contributed by atoms with Crippen molar-refractivity contribution in [3.8, 4) is 5.82 Å². The summed E-state index contributed by atoms with van der Waals surface area (Å²) in [7, 11) is 3.33. The van der Waals surface area contributed by atoms with Gasteiger partial charge in [0, 0.05) is 38.8 Å². The SMILES string of the molecule is CNc1cc(Nc2cccn(-c3cnccn3)c2=O)nc2c(C(=O)N[C@@H]3CC[C@H]3OC)noc12. The first kappa shape index (κ1) is 21.5. The molecule has 1 fully saturated rings. The van der Waals surface area contributed by atoms with Gasteiger partial charge in [0.2, 0.25) is 5.58 Å². The van der Waals surface area contributed by atoms with Gasteiger partial charge in [0.1, 0.15) is 17.0 Å². The summed E-state index contributed by atoms with van der Waals surface area (Å²) in [6, 6.07) is 4.92. The lowest BCUT2D eigenvalue weighted by molar-refractivity contribution is 0.00718. The molecule has 174 valence electrons. The van der Waals surface area contributed by atoms with Crippen molar-refractivity contribution in [3.05, 3.63) is 59.0 Å². The van der Waals surface area contributed by atoms with Gasteiger partial charge in [0.15, 0.2) is 11.5 Å². The molecular weight excluding hydrogens is 440 g/mol. The summed E-state index contributed by atoms with van der Waals surface area (Å²) >= 11 is 0. The van der Waals surface area contributed by atoms with Crippen LogP contribution in [0.25, 0.3) is 16.9 Å². The summed E-state index contributed by atoms with van der Waals surface area (Å²) in [5.74, 6) is 0.322. The van der Waals surface area contributed by atoms with Crippen molar-refractivity contribution in [1.29, 1.82) is 0 Å². The minimum atomic E-state index is -0.401. The monoisotopic (exact) mass is 462 g/mol. The van der Waals surface area contributed by atoms with E-state index in [0.717, 1.165) is 12.8 Å². The van der Waals surface area contributed by atoms with Gasteiger partial charge in [-0.25, -0.2) is 9.97 Å². The minimum absolute atomic E-state index is 0.0188. The van der Waals surface area contributed by atoms with Gasteiger partial charge < -0.3 is 25.2 Å². The van der Waals surface area contributed by atoms with Crippen molar-refractivity contribution < 1.29 is 14.1 Å². The van der Waals surface area contributed by atoms with Crippen LogP contribution in [0.4, 0.5) is 17.2 Å². The highest BCUT2D eigenvalue weighted by Crippen LogP contribution is 2.29. The standard InChI is InChI=1S/C22H22N8O4/c1-23-14-10-16(26-13-4-3-9-30(22(13)32)17-11-24-7-8-25-17)28-18-19(29-34-20(14)18)21(31)27-12-5-6-15(12)33-2/h3-4,7-12,15H,5-6H2,1-2H3,(H,27,31)(H2,23,26,28)/t12-,15-/m1/s1. The normalized spacial score (nSPS) is 17.2. The average Bonchev–Trinajstić information content (AvgIpc) is 3.27. The van der Waals surface area contributed by atoms with Crippen molar-refractivity contribution in [2.75, 3.05) is 24.8 Å². The fourth-order valence-electron chi connectivity index (χ4n) is 3.80. The minimum Gasteiger partial charge on any atom is -0.385 e. The van der Waals surface area contributed by atoms with Gasteiger partial charge in [-0.15, -0.1) is 0 Å². The molecule has 4 heterocycles. The number of carbonyl (C=O) groups excluding carboxylic acids is 1. The molecule has 1 amide bonds. The summed E-state index contributed by atoms with van der Waals surface area (Å²) in [6.07, 6.45) is 7.83. The number of hydrogen-bond acceptors (Lipinski definition) is 10.